The minimum absolute atomic E-state index is 0.833. The molecule has 0 bridgehead atoms. The fourth-order valence-corrected chi connectivity index (χ4v) is 9.52. The van der Waals surface area contributed by atoms with Crippen molar-refractivity contribution < 1.29 is 8.83 Å². The summed E-state index contributed by atoms with van der Waals surface area (Å²) in [5.74, 6) is 0. The van der Waals surface area contributed by atoms with E-state index < -0.39 is 0 Å². The van der Waals surface area contributed by atoms with Gasteiger partial charge < -0.3 is 18.0 Å². The van der Waals surface area contributed by atoms with Crippen molar-refractivity contribution >= 4 is 98.3 Å². The Hall–Kier alpha value is -7.56. The number of aromatic nitrogens is 2. The molecular formula is C52H30N2O2. The first-order valence-electron chi connectivity index (χ1n) is 19.1. The third kappa shape index (κ3) is 3.97. The van der Waals surface area contributed by atoms with Crippen LogP contribution < -0.4 is 0 Å². The van der Waals surface area contributed by atoms with E-state index in [1.807, 2.05) is 0 Å². The maximum Gasteiger partial charge on any atom is 0.144 e. The van der Waals surface area contributed by atoms with Crippen LogP contribution in [0.25, 0.3) is 121 Å². The van der Waals surface area contributed by atoms with Crippen LogP contribution in [0.3, 0.4) is 0 Å². The lowest BCUT2D eigenvalue weighted by molar-refractivity contribution is 0.663. The SMILES string of the molecule is c1ccc2c(-c3cc4oc5ccc(-n6c7ccccc7c7ccccc76)cc5c4c4c3oc3ccc(-n5c6ccccc6c6ccccc65)cc34)cccc2c1. The topological polar surface area (TPSA) is 36.1 Å². The zero-order chi connectivity index (χ0) is 36.5. The van der Waals surface area contributed by atoms with E-state index in [4.69, 9.17) is 8.83 Å². The van der Waals surface area contributed by atoms with Gasteiger partial charge in [-0.25, -0.2) is 0 Å². The Balaban J connectivity index is 1.16. The van der Waals surface area contributed by atoms with Crippen molar-refractivity contribution in [3.8, 4) is 22.5 Å². The molecule has 4 aromatic heterocycles. The van der Waals surface area contributed by atoms with Crippen LogP contribution in [0.1, 0.15) is 0 Å². The molecule has 0 radical (unpaired) electrons. The Morgan fingerprint density at radius 3 is 1.34 bits per heavy atom. The maximum absolute atomic E-state index is 7.02. The molecule has 0 aliphatic heterocycles. The molecule has 0 aliphatic carbocycles. The number of fused-ring (bicyclic) bond motifs is 14. The van der Waals surface area contributed by atoms with Crippen molar-refractivity contribution in [1.29, 1.82) is 0 Å². The van der Waals surface area contributed by atoms with Gasteiger partial charge in [-0.15, -0.1) is 0 Å². The highest BCUT2D eigenvalue weighted by molar-refractivity contribution is 6.29. The van der Waals surface area contributed by atoms with E-state index in [0.717, 1.165) is 66.4 Å². The number of furan rings is 2. The average Bonchev–Trinajstić information content (AvgIpc) is 4.00. The zero-order valence-corrected chi connectivity index (χ0v) is 30.0. The van der Waals surface area contributed by atoms with E-state index in [2.05, 4.69) is 191 Å². The predicted octanol–water partition coefficient (Wildman–Crippen LogP) is 14.5. The molecule has 0 aliphatic rings. The Labute approximate surface area is 319 Å². The lowest BCUT2D eigenvalue weighted by Gasteiger charge is -2.09. The van der Waals surface area contributed by atoms with Gasteiger partial charge in [0.1, 0.15) is 22.3 Å². The van der Waals surface area contributed by atoms with Crippen LogP contribution in [0.4, 0.5) is 0 Å². The van der Waals surface area contributed by atoms with E-state index in [-0.39, 0.29) is 0 Å². The van der Waals surface area contributed by atoms with Gasteiger partial charge in [-0.1, -0.05) is 115 Å². The first-order valence-corrected chi connectivity index (χ1v) is 19.1. The molecule has 4 heteroatoms. The number of hydrogen-bond acceptors (Lipinski definition) is 2. The first kappa shape index (κ1) is 29.8. The van der Waals surface area contributed by atoms with E-state index in [1.54, 1.807) is 0 Å². The van der Waals surface area contributed by atoms with Crippen LogP contribution >= 0.6 is 0 Å². The maximum atomic E-state index is 7.02. The zero-order valence-electron chi connectivity index (χ0n) is 30.0. The van der Waals surface area contributed by atoms with Crippen LogP contribution in [0.2, 0.25) is 0 Å². The van der Waals surface area contributed by atoms with Gasteiger partial charge in [0, 0.05) is 60.0 Å². The van der Waals surface area contributed by atoms with Crippen molar-refractivity contribution in [2.45, 2.75) is 0 Å². The summed E-state index contributed by atoms with van der Waals surface area (Å²) in [6, 6.07) is 65.1. The molecule has 0 amide bonds. The van der Waals surface area contributed by atoms with Gasteiger partial charge in [0.25, 0.3) is 0 Å². The van der Waals surface area contributed by atoms with Crippen molar-refractivity contribution in [1.82, 2.24) is 9.13 Å². The Morgan fingerprint density at radius 2 is 0.768 bits per heavy atom. The minimum Gasteiger partial charge on any atom is -0.456 e. The third-order valence-electron chi connectivity index (χ3n) is 11.9. The van der Waals surface area contributed by atoms with Crippen LogP contribution in [0.15, 0.2) is 191 Å². The van der Waals surface area contributed by atoms with Crippen molar-refractivity contribution in [3.63, 3.8) is 0 Å². The number of rotatable bonds is 3. The fraction of sp³-hybridized carbons (Fsp3) is 0. The minimum atomic E-state index is 0.833. The molecule has 260 valence electrons. The van der Waals surface area contributed by atoms with Crippen LogP contribution in [-0.4, -0.2) is 9.13 Å². The summed E-state index contributed by atoms with van der Waals surface area (Å²) in [6.07, 6.45) is 0. The summed E-state index contributed by atoms with van der Waals surface area (Å²) in [6.45, 7) is 0. The molecule has 0 spiro atoms. The molecule has 0 saturated carbocycles. The van der Waals surface area contributed by atoms with E-state index >= 15 is 0 Å². The van der Waals surface area contributed by atoms with Gasteiger partial charge >= 0.3 is 0 Å². The average molecular weight is 715 g/mol. The molecule has 13 rings (SSSR count). The second kappa shape index (κ2) is 11.0. The van der Waals surface area contributed by atoms with Crippen LogP contribution in [0.5, 0.6) is 0 Å². The number of para-hydroxylation sites is 4. The van der Waals surface area contributed by atoms with Gasteiger partial charge in [-0.05, 0) is 83.1 Å². The highest BCUT2D eigenvalue weighted by atomic mass is 16.3. The monoisotopic (exact) mass is 714 g/mol. The molecule has 4 nitrogen and oxygen atoms in total. The number of nitrogens with zero attached hydrogens (tertiary/aromatic N) is 2. The smallest absolute Gasteiger partial charge is 0.144 e. The summed E-state index contributed by atoms with van der Waals surface area (Å²) in [7, 11) is 0. The van der Waals surface area contributed by atoms with Crippen LogP contribution in [0, 0.1) is 0 Å². The van der Waals surface area contributed by atoms with Gasteiger partial charge in [-0.2, -0.15) is 0 Å². The molecule has 0 atom stereocenters. The standard InChI is InChI=1S/C52H30N2O2/c1-2-14-34-31(12-1)13-11-19-35(34)40-30-49-50(41-28-32(24-26-47(41)55-49)53-43-20-7-3-15-36(43)37-16-4-8-21-44(37)53)51-42-29-33(25-27-48(42)56-52(40)51)54-45-22-9-5-17-38(45)39-18-6-10-23-46(39)54/h1-30H. The van der Waals surface area contributed by atoms with E-state index in [0.29, 0.717) is 0 Å². The Kier molecular flexibility index (Phi) is 5.86. The van der Waals surface area contributed by atoms with E-state index in [1.165, 1.54) is 54.4 Å². The quantitative estimate of drug-likeness (QED) is 0.183. The normalized spacial score (nSPS) is 12.3. The van der Waals surface area contributed by atoms with Crippen molar-refractivity contribution in [2.75, 3.05) is 0 Å². The highest BCUT2D eigenvalue weighted by Gasteiger charge is 2.23. The second-order valence-electron chi connectivity index (χ2n) is 14.8. The van der Waals surface area contributed by atoms with Crippen LogP contribution in [-0.2, 0) is 0 Å². The second-order valence-corrected chi connectivity index (χ2v) is 14.8. The molecule has 13 aromatic rings. The number of hydrogen-bond donors (Lipinski definition) is 0. The summed E-state index contributed by atoms with van der Waals surface area (Å²) in [4.78, 5) is 0. The van der Waals surface area contributed by atoms with Gasteiger partial charge in [0.2, 0.25) is 0 Å². The molecule has 4 heterocycles. The lowest BCUT2D eigenvalue weighted by Crippen LogP contribution is -1.93. The van der Waals surface area contributed by atoms with Gasteiger partial charge in [0.15, 0.2) is 0 Å². The van der Waals surface area contributed by atoms with Gasteiger partial charge in [0.05, 0.1) is 22.1 Å². The summed E-state index contributed by atoms with van der Waals surface area (Å²) < 4.78 is 18.6. The summed E-state index contributed by atoms with van der Waals surface area (Å²) >= 11 is 0. The fourth-order valence-electron chi connectivity index (χ4n) is 9.52. The molecule has 0 saturated heterocycles. The van der Waals surface area contributed by atoms with Crippen molar-refractivity contribution in [3.05, 3.63) is 182 Å². The number of benzene rings is 9. The third-order valence-corrected chi connectivity index (χ3v) is 11.9. The van der Waals surface area contributed by atoms with Crippen molar-refractivity contribution in [2.24, 2.45) is 0 Å². The molecule has 0 unspecified atom stereocenters. The highest BCUT2D eigenvalue weighted by Crippen LogP contribution is 2.47. The Bertz CT molecular complexity index is 3670. The molecule has 0 N–H and O–H groups in total. The molecule has 56 heavy (non-hydrogen) atoms. The molecular weight excluding hydrogens is 685 g/mol. The van der Waals surface area contributed by atoms with Gasteiger partial charge in [-0.3, -0.25) is 0 Å². The lowest BCUT2D eigenvalue weighted by atomic mass is 9.94. The summed E-state index contributed by atoms with van der Waals surface area (Å²) in [5, 5.41) is 11.5. The Morgan fingerprint density at radius 1 is 0.304 bits per heavy atom. The molecule has 0 fully saturated rings. The first-order chi connectivity index (χ1) is 27.8. The summed E-state index contributed by atoms with van der Waals surface area (Å²) in [5.41, 5.74) is 12.4. The van der Waals surface area contributed by atoms with E-state index in [9.17, 15) is 0 Å². The molecule has 9 aromatic carbocycles. The predicted molar refractivity (Wildman–Crippen MR) is 233 cm³/mol. The largest absolute Gasteiger partial charge is 0.456 e.